The predicted molar refractivity (Wildman–Crippen MR) is 130 cm³/mol. The van der Waals surface area contributed by atoms with Crippen molar-refractivity contribution in [2.24, 2.45) is 5.10 Å². The summed E-state index contributed by atoms with van der Waals surface area (Å²) in [6, 6.07) is 18.7. The number of hydrazone groups is 1. The van der Waals surface area contributed by atoms with E-state index in [0.717, 1.165) is 27.9 Å². The average Bonchev–Trinajstić information content (AvgIpc) is 3.27. The van der Waals surface area contributed by atoms with Gasteiger partial charge in [-0.1, -0.05) is 42.1 Å². The number of aromatic nitrogens is 3. The first-order chi connectivity index (χ1) is 16.1. The number of fused-ring (bicyclic) bond motifs is 1. The van der Waals surface area contributed by atoms with Gasteiger partial charge in [-0.2, -0.15) is 5.10 Å². The molecule has 0 saturated carbocycles. The number of methoxy groups -OCH3 is 1. The Balaban J connectivity index is 1.40. The summed E-state index contributed by atoms with van der Waals surface area (Å²) in [7, 11) is 1.62. The van der Waals surface area contributed by atoms with E-state index in [1.54, 1.807) is 13.2 Å². The number of amides is 1. The minimum Gasteiger partial charge on any atom is -0.507 e. The average molecular weight is 462 g/mol. The van der Waals surface area contributed by atoms with E-state index in [2.05, 4.69) is 20.7 Å². The minimum absolute atomic E-state index is 0.100. The van der Waals surface area contributed by atoms with Crippen molar-refractivity contribution in [1.82, 2.24) is 20.2 Å². The summed E-state index contributed by atoms with van der Waals surface area (Å²) in [5.41, 5.74) is 3.98. The maximum atomic E-state index is 12.3. The first-order valence-corrected chi connectivity index (χ1v) is 11.3. The number of ether oxygens (including phenoxy) is 1. The first-order valence-electron chi connectivity index (χ1n) is 10.3. The molecule has 3 aromatic carbocycles. The molecule has 0 aliphatic heterocycles. The van der Waals surface area contributed by atoms with Crippen LogP contribution in [0.5, 0.6) is 11.5 Å². The zero-order chi connectivity index (χ0) is 23.2. The van der Waals surface area contributed by atoms with Gasteiger partial charge in [-0.15, -0.1) is 10.2 Å². The summed E-state index contributed by atoms with van der Waals surface area (Å²) in [6.07, 6.45) is 1.45. The van der Waals surface area contributed by atoms with Crippen LogP contribution in [0.2, 0.25) is 0 Å². The highest BCUT2D eigenvalue weighted by Gasteiger charge is 2.14. The molecule has 0 radical (unpaired) electrons. The van der Waals surface area contributed by atoms with Crippen molar-refractivity contribution in [2.45, 2.75) is 18.6 Å². The normalized spacial score (nSPS) is 11.2. The molecule has 0 aliphatic carbocycles. The van der Waals surface area contributed by atoms with Gasteiger partial charge in [0.05, 0.1) is 19.1 Å². The van der Waals surface area contributed by atoms with Crippen molar-refractivity contribution < 1.29 is 14.6 Å². The molecule has 33 heavy (non-hydrogen) atoms. The van der Waals surface area contributed by atoms with Crippen LogP contribution in [0.1, 0.15) is 12.5 Å². The van der Waals surface area contributed by atoms with E-state index in [9.17, 15) is 9.90 Å². The second-order valence-corrected chi connectivity index (χ2v) is 8.02. The monoisotopic (exact) mass is 461 g/mol. The maximum absolute atomic E-state index is 12.3. The van der Waals surface area contributed by atoms with Crippen LogP contribution in [-0.2, 0) is 11.3 Å². The Hall–Kier alpha value is -3.85. The van der Waals surface area contributed by atoms with E-state index >= 15 is 0 Å². The van der Waals surface area contributed by atoms with Crippen LogP contribution in [0, 0.1) is 0 Å². The van der Waals surface area contributed by atoms with Gasteiger partial charge in [0.25, 0.3) is 5.91 Å². The van der Waals surface area contributed by atoms with E-state index in [-0.39, 0.29) is 17.4 Å². The fourth-order valence-electron chi connectivity index (χ4n) is 3.39. The van der Waals surface area contributed by atoms with Gasteiger partial charge < -0.3 is 14.4 Å². The molecule has 0 atom stereocenters. The molecular weight excluding hydrogens is 438 g/mol. The number of hydrogen-bond acceptors (Lipinski definition) is 7. The molecule has 0 spiro atoms. The molecule has 9 heteroatoms. The van der Waals surface area contributed by atoms with Gasteiger partial charge in [-0.3, -0.25) is 4.79 Å². The molecule has 168 valence electrons. The van der Waals surface area contributed by atoms with Crippen molar-refractivity contribution >= 4 is 34.7 Å². The van der Waals surface area contributed by atoms with Gasteiger partial charge >= 0.3 is 0 Å². The molecule has 1 aromatic heterocycles. The highest BCUT2D eigenvalue weighted by atomic mass is 32.2. The number of nitrogens with one attached hydrogen (secondary N) is 1. The SMILES string of the molecule is CCn1c(SCC(=O)N/N=C\c2c(O)ccc3ccccc23)nnc1-c1ccc(OC)cc1. The topological polar surface area (TPSA) is 102 Å². The molecule has 0 unspecified atom stereocenters. The summed E-state index contributed by atoms with van der Waals surface area (Å²) >= 11 is 1.28. The first kappa shape index (κ1) is 22.3. The molecule has 0 fully saturated rings. The van der Waals surface area contributed by atoms with E-state index in [0.29, 0.717) is 17.3 Å². The third-order valence-corrected chi connectivity index (χ3v) is 6.01. The van der Waals surface area contributed by atoms with Crippen LogP contribution < -0.4 is 10.2 Å². The Morgan fingerprint density at radius 3 is 2.70 bits per heavy atom. The zero-order valence-electron chi connectivity index (χ0n) is 18.2. The molecule has 4 aromatic rings. The Bertz CT molecular complexity index is 1300. The highest BCUT2D eigenvalue weighted by molar-refractivity contribution is 7.99. The van der Waals surface area contributed by atoms with Crippen LogP contribution in [0.15, 0.2) is 70.9 Å². The molecule has 1 amide bonds. The molecule has 0 bridgehead atoms. The molecule has 1 heterocycles. The summed E-state index contributed by atoms with van der Waals surface area (Å²) in [5, 5.41) is 25.2. The minimum atomic E-state index is -0.285. The molecule has 0 aliphatic rings. The lowest BCUT2D eigenvalue weighted by molar-refractivity contribution is -0.118. The van der Waals surface area contributed by atoms with Gasteiger partial charge in [0.1, 0.15) is 11.5 Å². The Morgan fingerprint density at radius 2 is 1.94 bits per heavy atom. The van der Waals surface area contributed by atoms with Gasteiger partial charge in [0.2, 0.25) is 0 Å². The van der Waals surface area contributed by atoms with Crippen LogP contribution in [0.4, 0.5) is 0 Å². The number of carbonyl (C=O) groups excluding carboxylic acids is 1. The second kappa shape index (κ2) is 10.2. The molecule has 0 saturated heterocycles. The van der Waals surface area contributed by atoms with E-state index in [1.165, 1.54) is 18.0 Å². The largest absolute Gasteiger partial charge is 0.507 e. The standard InChI is InChI=1S/C24H23N5O3S/c1-3-29-23(17-8-11-18(32-2)12-9-17)27-28-24(29)33-15-22(31)26-25-14-20-19-7-5-4-6-16(19)10-13-21(20)30/h4-14,30H,3,15H2,1-2H3,(H,26,31)/b25-14-. The number of aromatic hydroxyl groups is 1. The number of phenols is 1. The number of benzene rings is 3. The van der Waals surface area contributed by atoms with Crippen molar-refractivity contribution in [2.75, 3.05) is 12.9 Å². The molecule has 2 N–H and O–H groups in total. The summed E-state index contributed by atoms with van der Waals surface area (Å²) in [6.45, 7) is 2.66. The van der Waals surface area contributed by atoms with Crippen molar-refractivity contribution in [3.63, 3.8) is 0 Å². The van der Waals surface area contributed by atoms with Gasteiger partial charge in [-0.25, -0.2) is 5.43 Å². The lowest BCUT2D eigenvalue weighted by atomic mass is 10.0. The van der Waals surface area contributed by atoms with Crippen molar-refractivity contribution in [3.8, 4) is 22.9 Å². The smallest absolute Gasteiger partial charge is 0.250 e. The fourth-order valence-corrected chi connectivity index (χ4v) is 4.18. The number of hydrogen-bond donors (Lipinski definition) is 2. The van der Waals surface area contributed by atoms with Gasteiger partial charge in [0, 0.05) is 17.7 Å². The maximum Gasteiger partial charge on any atom is 0.250 e. The Morgan fingerprint density at radius 1 is 1.15 bits per heavy atom. The summed E-state index contributed by atoms with van der Waals surface area (Å²) in [5.74, 6) is 1.44. The third kappa shape index (κ3) is 4.98. The number of carbonyl (C=O) groups is 1. The summed E-state index contributed by atoms with van der Waals surface area (Å²) < 4.78 is 7.16. The predicted octanol–water partition coefficient (Wildman–Crippen LogP) is 4.07. The van der Waals surface area contributed by atoms with Crippen molar-refractivity contribution in [1.29, 1.82) is 0 Å². The molecule has 4 rings (SSSR count). The van der Waals surface area contributed by atoms with Gasteiger partial charge in [0.15, 0.2) is 11.0 Å². The van der Waals surface area contributed by atoms with E-state index in [1.807, 2.05) is 66.1 Å². The Kier molecular flexibility index (Phi) is 6.89. The van der Waals surface area contributed by atoms with Crippen molar-refractivity contribution in [3.05, 3.63) is 66.2 Å². The second-order valence-electron chi connectivity index (χ2n) is 7.08. The quantitative estimate of drug-likeness (QED) is 0.233. The number of rotatable bonds is 8. The van der Waals surface area contributed by atoms with Crippen LogP contribution in [0.3, 0.4) is 0 Å². The summed E-state index contributed by atoms with van der Waals surface area (Å²) in [4.78, 5) is 12.3. The molecular formula is C24H23N5O3S. The fraction of sp³-hybridized carbons (Fsp3) is 0.167. The number of thioether (sulfide) groups is 1. The lowest BCUT2D eigenvalue weighted by Gasteiger charge is -2.08. The third-order valence-electron chi connectivity index (χ3n) is 5.04. The van der Waals surface area contributed by atoms with Gasteiger partial charge in [-0.05, 0) is 48.0 Å². The molecule has 8 nitrogen and oxygen atoms in total. The number of nitrogens with zero attached hydrogens (tertiary/aromatic N) is 4. The highest BCUT2D eigenvalue weighted by Crippen LogP contribution is 2.26. The van der Waals surface area contributed by atoms with Crippen LogP contribution in [0.25, 0.3) is 22.2 Å². The zero-order valence-corrected chi connectivity index (χ0v) is 19.0. The van der Waals surface area contributed by atoms with Crippen LogP contribution >= 0.6 is 11.8 Å². The van der Waals surface area contributed by atoms with E-state index < -0.39 is 0 Å². The lowest BCUT2D eigenvalue weighted by Crippen LogP contribution is -2.20. The number of phenolic OH excluding ortho intramolecular Hbond substituents is 1. The van der Waals surface area contributed by atoms with Crippen LogP contribution in [-0.4, -0.2) is 44.9 Å². The Labute approximate surface area is 195 Å². The van der Waals surface area contributed by atoms with E-state index in [4.69, 9.17) is 4.74 Å².